The Balaban J connectivity index is 1.57. The van der Waals surface area contributed by atoms with Gasteiger partial charge in [0, 0.05) is 0 Å². The third-order valence-electron chi connectivity index (χ3n) is 5.93. The Bertz CT molecular complexity index is 1430. The zero-order valence-corrected chi connectivity index (χ0v) is 21.0. The molecule has 0 aromatic heterocycles. The van der Waals surface area contributed by atoms with E-state index in [9.17, 15) is 19.8 Å². The number of hydrogen-bond acceptors (Lipinski definition) is 7. The van der Waals surface area contributed by atoms with Crippen LogP contribution in [0.2, 0.25) is 0 Å². The maximum absolute atomic E-state index is 11.5. The molecule has 8 heteroatoms. The van der Waals surface area contributed by atoms with Crippen molar-refractivity contribution in [1.29, 1.82) is 0 Å². The summed E-state index contributed by atoms with van der Waals surface area (Å²) in [6.45, 7) is -0.477. The highest BCUT2D eigenvalue weighted by Crippen LogP contribution is 2.34. The van der Waals surface area contributed by atoms with Crippen molar-refractivity contribution in [3.05, 3.63) is 120 Å². The average molecular weight is 526 g/mol. The maximum Gasteiger partial charge on any atom is 0.362 e. The van der Waals surface area contributed by atoms with Crippen molar-refractivity contribution in [1.82, 2.24) is 0 Å². The number of carbonyl (C=O) groups excluding carboxylic acids is 1. The number of benzene rings is 4. The van der Waals surface area contributed by atoms with E-state index in [0.717, 1.165) is 28.3 Å². The molecule has 0 heterocycles. The minimum Gasteiger partial charge on any atom is -0.485 e. The molecule has 8 nitrogen and oxygen atoms in total. The lowest BCUT2D eigenvalue weighted by molar-refractivity contribution is -0.172. The van der Waals surface area contributed by atoms with E-state index in [4.69, 9.17) is 14.2 Å². The standard InChI is InChI=1S/C31H27NO7/c33-21-31(30(35)36,32-22-34)39-20-25-12-7-13-26(16-25)27-14-15-28(37-18-23-8-3-1-4-9-23)29(17-27)38-19-24-10-5-2-6-11-24/h1-17,33H,18-21H2,(H,35,36)/t31-/m1/s1. The van der Waals surface area contributed by atoms with Crippen LogP contribution in [0, 0.1) is 0 Å². The summed E-state index contributed by atoms with van der Waals surface area (Å²) >= 11 is 0. The summed E-state index contributed by atoms with van der Waals surface area (Å²) in [7, 11) is 0. The van der Waals surface area contributed by atoms with Gasteiger partial charge in [-0.1, -0.05) is 84.9 Å². The number of aliphatic carboxylic acids is 1. The van der Waals surface area contributed by atoms with E-state index in [0.29, 0.717) is 30.3 Å². The van der Waals surface area contributed by atoms with Crippen LogP contribution in [0.1, 0.15) is 16.7 Å². The largest absolute Gasteiger partial charge is 0.485 e. The maximum atomic E-state index is 11.5. The van der Waals surface area contributed by atoms with Crippen molar-refractivity contribution in [3.63, 3.8) is 0 Å². The van der Waals surface area contributed by atoms with Gasteiger partial charge in [0.05, 0.1) is 6.61 Å². The summed E-state index contributed by atoms with van der Waals surface area (Å²) in [6.07, 6.45) is 1.15. The van der Waals surface area contributed by atoms with Crippen molar-refractivity contribution >= 4 is 12.0 Å². The summed E-state index contributed by atoms with van der Waals surface area (Å²) in [5.41, 5.74) is 1.91. The van der Waals surface area contributed by atoms with Crippen molar-refractivity contribution in [2.45, 2.75) is 25.5 Å². The molecule has 4 aromatic carbocycles. The molecule has 1 atom stereocenters. The van der Waals surface area contributed by atoms with Crippen LogP contribution < -0.4 is 9.47 Å². The number of isocyanates is 1. The molecule has 0 saturated heterocycles. The zero-order chi connectivity index (χ0) is 27.5. The highest BCUT2D eigenvalue weighted by molar-refractivity contribution is 5.78. The Labute approximate surface area is 225 Å². The van der Waals surface area contributed by atoms with Gasteiger partial charge in [-0.3, -0.25) is 0 Å². The van der Waals surface area contributed by atoms with E-state index < -0.39 is 18.3 Å². The van der Waals surface area contributed by atoms with Crippen LogP contribution in [0.25, 0.3) is 11.1 Å². The molecule has 0 aliphatic carbocycles. The third kappa shape index (κ3) is 7.18. The average Bonchev–Trinajstić information content (AvgIpc) is 2.98. The highest BCUT2D eigenvalue weighted by Gasteiger charge is 2.39. The molecule has 0 radical (unpaired) electrons. The molecule has 0 aliphatic rings. The molecule has 198 valence electrons. The number of carboxylic acids is 1. The van der Waals surface area contributed by atoms with E-state index in [1.807, 2.05) is 91.0 Å². The fourth-order valence-corrected chi connectivity index (χ4v) is 3.80. The predicted molar refractivity (Wildman–Crippen MR) is 144 cm³/mol. The molecular formula is C31H27NO7. The first-order valence-electron chi connectivity index (χ1n) is 12.2. The number of aliphatic hydroxyl groups excluding tert-OH is 1. The molecule has 39 heavy (non-hydrogen) atoms. The van der Waals surface area contributed by atoms with Crippen molar-refractivity contribution in [2.24, 2.45) is 4.99 Å². The van der Waals surface area contributed by atoms with Gasteiger partial charge in [-0.05, 0) is 46.0 Å². The molecule has 0 bridgehead atoms. The number of nitrogens with zero attached hydrogens (tertiary/aromatic N) is 1. The summed E-state index contributed by atoms with van der Waals surface area (Å²) < 4.78 is 17.6. The number of carboxylic acid groups (broad SMARTS) is 1. The first kappa shape index (κ1) is 27.3. The van der Waals surface area contributed by atoms with E-state index in [1.54, 1.807) is 12.1 Å². The monoisotopic (exact) mass is 525 g/mol. The molecule has 0 amide bonds. The second-order valence-electron chi connectivity index (χ2n) is 8.65. The second kappa shape index (κ2) is 13.2. The minimum absolute atomic E-state index is 0.207. The summed E-state index contributed by atoms with van der Waals surface area (Å²) in [6, 6.07) is 32.5. The number of ether oxygens (including phenoxy) is 3. The lowest BCUT2D eigenvalue weighted by Gasteiger charge is -2.21. The van der Waals surface area contributed by atoms with E-state index in [1.165, 1.54) is 0 Å². The molecule has 0 spiro atoms. The molecule has 4 rings (SSSR count). The van der Waals surface area contributed by atoms with E-state index in [2.05, 4.69) is 4.99 Å². The van der Waals surface area contributed by atoms with Crippen LogP contribution in [0.15, 0.2) is 108 Å². The van der Waals surface area contributed by atoms with Gasteiger partial charge in [-0.2, -0.15) is 4.99 Å². The summed E-state index contributed by atoms with van der Waals surface area (Å²) in [5.74, 6) is -0.422. The number of aliphatic hydroxyl groups is 1. The van der Waals surface area contributed by atoms with Crippen LogP contribution in [0.5, 0.6) is 11.5 Å². The Morgan fingerprint density at radius 1 is 0.718 bits per heavy atom. The van der Waals surface area contributed by atoms with E-state index in [-0.39, 0.29) is 6.61 Å². The Hall–Kier alpha value is -4.75. The van der Waals surface area contributed by atoms with Gasteiger partial charge in [0.1, 0.15) is 19.8 Å². The van der Waals surface area contributed by atoms with Gasteiger partial charge in [-0.15, -0.1) is 0 Å². The van der Waals surface area contributed by atoms with Gasteiger partial charge >= 0.3 is 5.97 Å². The predicted octanol–water partition coefficient (Wildman–Crippen LogP) is 5.14. The van der Waals surface area contributed by atoms with Crippen LogP contribution in [0.4, 0.5) is 0 Å². The van der Waals surface area contributed by atoms with Crippen molar-refractivity contribution < 1.29 is 34.0 Å². The number of rotatable bonds is 13. The van der Waals surface area contributed by atoms with Crippen LogP contribution in [-0.4, -0.2) is 34.6 Å². The van der Waals surface area contributed by atoms with Gasteiger partial charge in [0.2, 0.25) is 6.08 Å². The number of hydrogen-bond donors (Lipinski definition) is 2. The van der Waals surface area contributed by atoms with Gasteiger partial charge in [-0.25, -0.2) is 9.59 Å². The lowest BCUT2D eigenvalue weighted by Crippen LogP contribution is -2.43. The lowest BCUT2D eigenvalue weighted by atomic mass is 10.0. The van der Waals surface area contributed by atoms with Crippen molar-refractivity contribution in [3.8, 4) is 22.6 Å². The van der Waals surface area contributed by atoms with Gasteiger partial charge < -0.3 is 24.4 Å². The molecule has 2 N–H and O–H groups in total. The Kier molecular flexibility index (Phi) is 9.21. The summed E-state index contributed by atoms with van der Waals surface area (Å²) in [5, 5.41) is 18.9. The summed E-state index contributed by atoms with van der Waals surface area (Å²) in [4.78, 5) is 25.4. The Morgan fingerprint density at radius 2 is 1.31 bits per heavy atom. The van der Waals surface area contributed by atoms with Crippen molar-refractivity contribution in [2.75, 3.05) is 6.61 Å². The quantitative estimate of drug-likeness (QED) is 0.184. The van der Waals surface area contributed by atoms with E-state index >= 15 is 0 Å². The van der Waals surface area contributed by atoms with Crippen LogP contribution in [-0.2, 0) is 34.1 Å². The van der Waals surface area contributed by atoms with Crippen LogP contribution >= 0.6 is 0 Å². The third-order valence-corrected chi connectivity index (χ3v) is 5.93. The fraction of sp³-hybridized carbons (Fsp3) is 0.161. The number of aliphatic imine (C=N–C) groups is 1. The molecule has 0 aliphatic heterocycles. The normalized spacial score (nSPS) is 12.1. The first-order chi connectivity index (χ1) is 19.0. The first-order valence-corrected chi connectivity index (χ1v) is 12.2. The SMILES string of the molecule is O=C=N[C@](CO)(OCc1cccc(-c2ccc(OCc3ccccc3)c(OCc3ccccc3)c2)c1)C(=O)O. The second-order valence-corrected chi connectivity index (χ2v) is 8.65. The topological polar surface area (TPSA) is 115 Å². The minimum atomic E-state index is -2.41. The highest BCUT2D eigenvalue weighted by atomic mass is 16.5. The van der Waals surface area contributed by atoms with Gasteiger partial charge in [0.25, 0.3) is 5.72 Å². The van der Waals surface area contributed by atoms with Gasteiger partial charge in [0.15, 0.2) is 11.5 Å². The Morgan fingerprint density at radius 3 is 1.90 bits per heavy atom. The zero-order valence-electron chi connectivity index (χ0n) is 21.0. The molecule has 0 saturated carbocycles. The van der Waals surface area contributed by atoms with Crippen LogP contribution in [0.3, 0.4) is 0 Å². The molecule has 0 fully saturated rings. The fourth-order valence-electron chi connectivity index (χ4n) is 3.80. The molecular weight excluding hydrogens is 498 g/mol. The smallest absolute Gasteiger partial charge is 0.362 e. The molecule has 0 unspecified atom stereocenters. The number of carbonyl (C=O) groups is 1. The molecule has 4 aromatic rings.